The lowest BCUT2D eigenvalue weighted by molar-refractivity contribution is -0.143. The van der Waals surface area contributed by atoms with Crippen LogP contribution in [0.5, 0.6) is 0 Å². The van der Waals surface area contributed by atoms with Crippen LogP contribution in [0.1, 0.15) is 58.3 Å². The predicted octanol–water partition coefficient (Wildman–Crippen LogP) is 2.57. The average molecular weight is 296 g/mol. The maximum atomic E-state index is 11.9. The van der Waals surface area contributed by atoms with E-state index in [9.17, 15) is 4.79 Å². The van der Waals surface area contributed by atoms with Crippen molar-refractivity contribution < 1.29 is 9.53 Å². The van der Waals surface area contributed by atoms with E-state index in [4.69, 9.17) is 4.74 Å². The van der Waals surface area contributed by atoms with Gasteiger partial charge in [-0.15, -0.1) is 0 Å². The number of hydrogen-bond donors (Lipinski definition) is 1. The summed E-state index contributed by atoms with van der Waals surface area (Å²) in [6.45, 7) is 5.24. The number of rotatable bonds is 7. The van der Waals surface area contributed by atoms with Gasteiger partial charge < -0.3 is 15.0 Å². The van der Waals surface area contributed by atoms with Crippen molar-refractivity contribution in [1.82, 2.24) is 10.2 Å². The minimum Gasteiger partial charge on any atom is -0.468 e. The zero-order valence-electron chi connectivity index (χ0n) is 13.8. The number of hydrogen-bond acceptors (Lipinski definition) is 4. The number of carbonyl (C=O) groups is 1. The molecule has 0 aromatic heterocycles. The Morgan fingerprint density at radius 3 is 2.81 bits per heavy atom. The standard InChI is InChI=1S/C17H32N2O2/c1-3-11-18-15(17(20)21-2)10-13-19-12-6-8-14-7-4-5-9-16(14)19/h14-16,18H,3-13H2,1-2H3/t14-,15?,16-/m1/s1. The van der Waals surface area contributed by atoms with E-state index in [0.717, 1.165) is 37.9 Å². The lowest BCUT2D eigenvalue weighted by atomic mass is 9.78. The molecule has 4 nitrogen and oxygen atoms in total. The summed E-state index contributed by atoms with van der Waals surface area (Å²) in [7, 11) is 1.49. The summed E-state index contributed by atoms with van der Waals surface area (Å²) in [4.78, 5) is 14.5. The molecule has 1 saturated heterocycles. The van der Waals surface area contributed by atoms with Gasteiger partial charge in [-0.25, -0.2) is 0 Å². The van der Waals surface area contributed by atoms with Gasteiger partial charge in [-0.3, -0.25) is 4.79 Å². The number of ether oxygens (including phenoxy) is 1. The van der Waals surface area contributed by atoms with Gasteiger partial charge in [0.1, 0.15) is 6.04 Å². The number of fused-ring (bicyclic) bond motifs is 1. The number of nitrogens with zero attached hydrogens (tertiary/aromatic N) is 1. The molecular weight excluding hydrogens is 264 g/mol. The number of methoxy groups -OCH3 is 1. The molecule has 1 heterocycles. The lowest BCUT2D eigenvalue weighted by Crippen LogP contribution is -2.49. The first-order valence-corrected chi connectivity index (χ1v) is 8.81. The van der Waals surface area contributed by atoms with Crippen molar-refractivity contribution >= 4 is 5.97 Å². The van der Waals surface area contributed by atoms with Gasteiger partial charge in [0.25, 0.3) is 0 Å². The van der Waals surface area contributed by atoms with Crippen molar-refractivity contribution in [3.8, 4) is 0 Å². The highest BCUT2D eigenvalue weighted by atomic mass is 16.5. The van der Waals surface area contributed by atoms with Crippen LogP contribution in [0.3, 0.4) is 0 Å². The maximum Gasteiger partial charge on any atom is 0.322 e. The first kappa shape index (κ1) is 16.8. The van der Waals surface area contributed by atoms with E-state index >= 15 is 0 Å². The van der Waals surface area contributed by atoms with Crippen LogP contribution in [0.2, 0.25) is 0 Å². The summed E-state index contributed by atoms with van der Waals surface area (Å²) in [5.41, 5.74) is 0. The van der Waals surface area contributed by atoms with Crippen molar-refractivity contribution in [2.24, 2.45) is 5.92 Å². The minimum absolute atomic E-state index is 0.111. The minimum atomic E-state index is -0.140. The van der Waals surface area contributed by atoms with Gasteiger partial charge in [-0.2, -0.15) is 0 Å². The van der Waals surface area contributed by atoms with Gasteiger partial charge in [-0.1, -0.05) is 19.8 Å². The van der Waals surface area contributed by atoms with Crippen molar-refractivity contribution in [3.05, 3.63) is 0 Å². The smallest absolute Gasteiger partial charge is 0.322 e. The highest BCUT2D eigenvalue weighted by Crippen LogP contribution is 2.35. The summed E-state index contributed by atoms with van der Waals surface area (Å²) < 4.78 is 4.94. The molecule has 1 unspecified atom stereocenters. The predicted molar refractivity (Wildman–Crippen MR) is 85.3 cm³/mol. The molecule has 0 radical (unpaired) electrons. The Kier molecular flexibility index (Phi) is 6.97. The molecule has 0 aromatic carbocycles. The molecule has 2 fully saturated rings. The highest BCUT2D eigenvalue weighted by molar-refractivity contribution is 5.75. The van der Waals surface area contributed by atoms with E-state index in [1.165, 1.54) is 52.2 Å². The van der Waals surface area contributed by atoms with E-state index < -0.39 is 0 Å². The number of carbonyl (C=O) groups excluding carboxylic acids is 1. The number of nitrogens with one attached hydrogen (secondary N) is 1. The molecule has 1 aliphatic carbocycles. The monoisotopic (exact) mass is 296 g/mol. The molecule has 2 rings (SSSR count). The molecule has 0 amide bonds. The fraction of sp³-hybridized carbons (Fsp3) is 0.941. The Morgan fingerprint density at radius 1 is 1.29 bits per heavy atom. The van der Waals surface area contributed by atoms with Gasteiger partial charge >= 0.3 is 5.97 Å². The second kappa shape index (κ2) is 8.74. The lowest BCUT2D eigenvalue weighted by Gasteiger charge is -2.44. The van der Waals surface area contributed by atoms with Gasteiger partial charge in [0, 0.05) is 12.6 Å². The van der Waals surface area contributed by atoms with Crippen molar-refractivity contribution in [1.29, 1.82) is 0 Å². The third-order valence-electron chi connectivity index (χ3n) is 5.19. The molecule has 122 valence electrons. The first-order chi connectivity index (χ1) is 10.3. The average Bonchev–Trinajstić information content (AvgIpc) is 2.54. The van der Waals surface area contributed by atoms with Crippen LogP contribution in [-0.2, 0) is 9.53 Å². The zero-order chi connectivity index (χ0) is 15.1. The van der Waals surface area contributed by atoms with Gasteiger partial charge in [-0.05, 0) is 57.5 Å². The topological polar surface area (TPSA) is 41.6 Å². The van der Waals surface area contributed by atoms with Crippen LogP contribution in [-0.4, -0.2) is 49.7 Å². The van der Waals surface area contributed by atoms with Crippen LogP contribution in [0.4, 0.5) is 0 Å². The summed E-state index contributed by atoms with van der Waals surface area (Å²) >= 11 is 0. The molecule has 21 heavy (non-hydrogen) atoms. The van der Waals surface area contributed by atoms with Crippen LogP contribution < -0.4 is 5.32 Å². The summed E-state index contributed by atoms with van der Waals surface area (Å²) in [6.07, 6.45) is 10.2. The molecule has 1 N–H and O–H groups in total. The summed E-state index contributed by atoms with van der Waals surface area (Å²) in [5, 5.41) is 3.33. The van der Waals surface area contributed by atoms with E-state index in [1.54, 1.807) is 0 Å². The third kappa shape index (κ3) is 4.68. The molecule has 3 atom stereocenters. The van der Waals surface area contributed by atoms with Crippen molar-refractivity contribution in [3.63, 3.8) is 0 Å². The number of likely N-dealkylation sites (tertiary alicyclic amines) is 1. The van der Waals surface area contributed by atoms with Crippen LogP contribution in [0.15, 0.2) is 0 Å². The molecule has 2 aliphatic rings. The van der Waals surface area contributed by atoms with Crippen LogP contribution >= 0.6 is 0 Å². The van der Waals surface area contributed by atoms with E-state index in [-0.39, 0.29) is 12.0 Å². The largest absolute Gasteiger partial charge is 0.468 e. The summed E-state index contributed by atoms with van der Waals surface area (Å²) in [5.74, 6) is 0.799. The third-order valence-corrected chi connectivity index (χ3v) is 5.19. The Labute approximate surface area is 129 Å². The molecule has 0 aromatic rings. The normalized spacial score (nSPS) is 27.9. The van der Waals surface area contributed by atoms with Gasteiger partial charge in [0.2, 0.25) is 0 Å². The Hall–Kier alpha value is -0.610. The quantitative estimate of drug-likeness (QED) is 0.733. The SMILES string of the molecule is CCCNC(CCN1CCC[C@H]2CCCC[C@H]21)C(=O)OC. The van der Waals surface area contributed by atoms with E-state index in [1.807, 2.05) is 0 Å². The van der Waals surface area contributed by atoms with Gasteiger partial charge in [0.05, 0.1) is 7.11 Å². The van der Waals surface area contributed by atoms with Gasteiger partial charge in [0.15, 0.2) is 0 Å². The van der Waals surface area contributed by atoms with E-state index in [0.29, 0.717) is 0 Å². The van der Waals surface area contributed by atoms with Crippen LogP contribution in [0, 0.1) is 5.92 Å². The summed E-state index contributed by atoms with van der Waals surface area (Å²) in [6, 6.07) is 0.635. The Bertz CT molecular complexity index is 320. The molecular formula is C17H32N2O2. The molecule has 4 heteroatoms. The molecule has 0 spiro atoms. The fourth-order valence-electron chi connectivity index (χ4n) is 4.06. The second-order valence-electron chi connectivity index (χ2n) is 6.61. The number of piperidine rings is 1. The van der Waals surface area contributed by atoms with E-state index in [2.05, 4.69) is 17.1 Å². The van der Waals surface area contributed by atoms with Crippen LogP contribution in [0.25, 0.3) is 0 Å². The maximum absolute atomic E-state index is 11.9. The first-order valence-electron chi connectivity index (χ1n) is 8.81. The highest BCUT2D eigenvalue weighted by Gasteiger charge is 2.33. The molecule has 0 bridgehead atoms. The second-order valence-corrected chi connectivity index (χ2v) is 6.61. The molecule has 1 saturated carbocycles. The fourth-order valence-corrected chi connectivity index (χ4v) is 4.06. The number of esters is 1. The Morgan fingerprint density at radius 2 is 2.05 bits per heavy atom. The van der Waals surface area contributed by atoms with Crippen molar-refractivity contribution in [2.75, 3.05) is 26.7 Å². The van der Waals surface area contributed by atoms with Crippen molar-refractivity contribution in [2.45, 2.75) is 70.4 Å². The zero-order valence-corrected chi connectivity index (χ0v) is 13.8. The molecule has 1 aliphatic heterocycles. The Balaban J connectivity index is 1.84.